The van der Waals surface area contributed by atoms with Crippen LogP contribution < -0.4 is 4.74 Å². The fourth-order valence-corrected chi connectivity index (χ4v) is 2.14. The van der Waals surface area contributed by atoms with Crippen molar-refractivity contribution in [3.8, 4) is 22.9 Å². The molecule has 2 aromatic carbocycles. The maximum absolute atomic E-state index is 10.1. The molecule has 4 nitrogen and oxygen atoms in total. The van der Waals surface area contributed by atoms with Crippen molar-refractivity contribution in [3.05, 3.63) is 42.5 Å². The number of benzene rings is 2. The molecular weight excluding hydrogens is 252 g/mol. The Kier molecular flexibility index (Phi) is 3.06. The van der Waals surface area contributed by atoms with Gasteiger partial charge in [-0.15, -0.1) is 0 Å². The number of nitrogens with zero attached hydrogens (tertiary/aromatic N) is 1. The number of hydrogen-bond donors (Lipinski definition) is 2. The first kappa shape index (κ1) is 12.5. The van der Waals surface area contributed by atoms with Crippen molar-refractivity contribution in [2.75, 3.05) is 0 Å². The van der Waals surface area contributed by atoms with Gasteiger partial charge in [-0.1, -0.05) is 12.1 Å². The summed E-state index contributed by atoms with van der Waals surface area (Å²) in [4.78, 5) is 7.68. The lowest BCUT2D eigenvalue weighted by atomic mass is 10.2. The van der Waals surface area contributed by atoms with Crippen LogP contribution in [0.15, 0.2) is 42.5 Å². The van der Waals surface area contributed by atoms with Crippen LogP contribution in [0.25, 0.3) is 22.4 Å². The second-order valence-corrected chi connectivity index (χ2v) is 4.95. The molecule has 0 aliphatic carbocycles. The van der Waals surface area contributed by atoms with Gasteiger partial charge in [-0.2, -0.15) is 0 Å². The predicted octanol–water partition coefficient (Wildman–Crippen LogP) is 3.72. The van der Waals surface area contributed by atoms with Crippen molar-refractivity contribution in [2.45, 2.75) is 20.0 Å². The Morgan fingerprint density at radius 3 is 2.65 bits per heavy atom. The highest BCUT2D eigenvalue weighted by molar-refractivity contribution is 5.80. The Balaban J connectivity index is 2.01. The van der Waals surface area contributed by atoms with E-state index in [-0.39, 0.29) is 11.9 Å². The smallest absolute Gasteiger partial charge is 0.142 e. The van der Waals surface area contributed by atoms with Crippen molar-refractivity contribution in [1.82, 2.24) is 9.97 Å². The number of phenolic OH excluding ortho intramolecular Hbond substituents is 1. The standard InChI is InChI=1S/C16H16N2O2/c1-10(2)20-11-7-8-12(15(19)9-11)16-17-13-5-3-4-6-14(13)18-16/h3-10,19H,1-2H3,(H,17,18). The van der Waals surface area contributed by atoms with Gasteiger partial charge in [0, 0.05) is 6.07 Å². The molecule has 0 aliphatic rings. The van der Waals surface area contributed by atoms with E-state index in [1.54, 1.807) is 6.07 Å². The third kappa shape index (κ3) is 2.32. The van der Waals surface area contributed by atoms with Gasteiger partial charge in [0.05, 0.1) is 22.7 Å². The van der Waals surface area contributed by atoms with E-state index in [0.717, 1.165) is 11.0 Å². The first-order chi connectivity index (χ1) is 9.63. The summed E-state index contributed by atoms with van der Waals surface area (Å²) in [5, 5.41) is 10.1. The van der Waals surface area contributed by atoms with Crippen molar-refractivity contribution >= 4 is 11.0 Å². The van der Waals surface area contributed by atoms with Crippen LogP contribution in [-0.4, -0.2) is 21.2 Å². The Labute approximate surface area is 117 Å². The molecule has 102 valence electrons. The highest BCUT2D eigenvalue weighted by atomic mass is 16.5. The second-order valence-electron chi connectivity index (χ2n) is 4.95. The van der Waals surface area contributed by atoms with Crippen molar-refractivity contribution in [2.24, 2.45) is 0 Å². The third-order valence-electron chi connectivity index (χ3n) is 2.99. The Morgan fingerprint density at radius 2 is 1.95 bits per heavy atom. The van der Waals surface area contributed by atoms with Crippen LogP contribution >= 0.6 is 0 Å². The molecule has 1 heterocycles. The quantitative estimate of drug-likeness (QED) is 0.761. The van der Waals surface area contributed by atoms with Gasteiger partial charge in [0.1, 0.15) is 17.3 Å². The van der Waals surface area contributed by atoms with Gasteiger partial charge in [0.2, 0.25) is 0 Å². The fraction of sp³-hybridized carbons (Fsp3) is 0.188. The van der Waals surface area contributed by atoms with Gasteiger partial charge in [-0.05, 0) is 38.1 Å². The maximum atomic E-state index is 10.1. The molecule has 0 bridgehead atoms. The zero-order chi connectivity index (χ0) is 14.1. The average Bonchev–Trinajstić information content (AvgIpc) is 2.81. The molecule has 0 amide bonds. The number of nitrogens with one attached hydrogen (secondary N) is 1. The molecule has 3 rings (SSSR count). The summed E-state index contributed by atoms with van der Waals surface area (Å²) in [6, 6.07) is 13.0. The minimum absolute atomic E-state index is 0.0754. The highest BCUT2D eigenvalue weighted by Crippen LogP contribution is 2.32. The number of para-hydroxylation sites is 2. The van der Waals surface area contributed by atoms with Crippen LogP contribution in [0.2, 0.25) is 0 Å². The summed E-state index contributed by atoms with van der Waals surface area (Å²) in [7, 11) is 0. The third-order valence-corrected chi connectivity index (χ3v) is 2.99. The molecule has 0 saturated heterocycles. The number of aromatic amines is 1. The topological polar surface area (TPSA) is 58.1 Å². The van der Waals surface area contributed by atoms with Crippen LogP contribution in [0.3, 0.4) is 0 Å². The van der Waals surface area contributed by atoms with Gasteiger partial charge >= 0.3 is 0 Å². The molecule has 0 spiro atoms. The molecule has 0 aliphatic heterocycles. The largest absolute Gasteiger partial charge is 0.507 e. The van der Waals surface area contributed by atoms with Gasteiger partial charge in [-0.3, -0.25) is 0 Å². The van der Waals surface area contributed by atoms with Crippen molar-refractivity contribution < 1.29 is 9.84 Å². The zero-order valence-electron chi connectivity index (χ0n) is 11.4. The number of phenols is 1. The predicted molar refractivity (Wildman–Crippen MR) is 79.0 cm³/mol. The molecule has 0 unspecified atom stereocenters. The number of H-pyrrole nitrogens is 1. The van der Waals surface area contributed by atoms with E-state index in [2.05, 4.69) is 9.97 Å². The van der Waals surface area contributed by atoms with E-state index in [9.17, 15) is 5.11 Å². The minimum Gasteiger partial charge on any atom is -0.507 e. The molecule has 3 aromatic rings. The maximum Gasteiger partial charge on any atom is 0.142 e. The van der Waals surface area contributed by atoms with Gasteiger partial charge < -0.3 is 14.8 Å². The summed E-state index contributed by atoms with van der Waals surface area (Å²) in [6.07, 6.45) is 0.0754. The Morgan fingerprint density at radius 1 is 1.15 bits per heavy atom. The van der Waals surface area contributed by atoms with Crippen LogP contribution in [0.1, 0.15) is 13.8 Å². The SMILES string of the molecule is CC(C)Oc1ccc(-c2nc3ccccc3[nH]2)c(O)c1. The van der Waals surface area contributed by atoms with E-state index in [1.165, 1.54) is 0 Å². The number of aromatic hydroxyl groups is 1. The molecule has 0 radical (unpaired) electrons. The molecule has 4 heteroatoms. The van der Waals surface area contributed by atoms with E-state index in [4.69, 9.17) is 4.74 Å². The minimum atomic E-state index is 0.0754. The summed E-state index contributed by atoms with van der Waals surface area (Å²) in [5.41, 5.74) is 2.49. The van der Waals surface area contributed by atoms with Gasteiger partial charge in [-0.25, -0.2) is 4.98 Å². The lowest BCUT2D eigenvalue weighted by Gasteiger charge is -2.10. The number of hydrogen-bond acceptors (Lipinski definition) is 3. The lowest BCUT2D eigenvalue weighted by Crippen LogP contribution is -2.05. The van der Waals surface area contributed by atoms with Gasteiger partial charge in [0.15, 0.2) is 0 Å². The average molecular weight is 268 g/mol. The molecule has 0 fully saturated rings. The molecule has 0 saturated carbocycles. The number of ether oxygens (including phenoxy) is 1. The normalized spacial score (nSPS) is 11.2. The molecule has 20 heavy (non-hydrogen) atoms. The summed E-state index contributed by atoms with van der Waals surface area (Å²) < 4.78 is 5.55. The zero-order valence-corrected chi connectivity index (χ0v) is 11.4. The van der Waals surface area contributed by atoms with Crippen LogP contribution in [-0.2, 0) is 0 Å². The van der Waals surface area contributed by atoms with Crippen LogP contribution in [0.5, 0.6) is 11.5 Å². The lowest BCUT2D eigenvalue weighted by molar-refractivity contribution is 0.241. The van der Waals surface area contributed by atoms with Crippen LogP contribution in [0, 0.1) is 0 Å². The van der Waals surface area contributed by atoms with Crippen LogP contribution in [0.4, 0.5) is 0 Å². The number of aromatic nitrogens is 2. The summed E-state index contributed by atoms with van der Waals surface area (Å²) >= 11 is 0. The summed E-state index contributed by atoms with van der Waals surface area (Å²) in [6.45, 7) is 3.90. The Bertz CT molecular complexity index is 714. The van der Waals surface area contributed by atoms with E-state index < -0.39 is 0 Å². The monoisotopic (exact) mass is 268 g/mol. The van der Waals surface area contributed by atoms with Gasteiger partial charge in [0.25, 0.3) is 0 Å². The highest BCUT2D eigenvalue weighted by Gasteiger charge is 2.11. The van der Waals surface area contributed by atoms with Crippen molar-refractivity contribution in [3.63, 3.8) is 0 Å². The molecule has 0 atom stereocenters. The fourth-order valence-electron chi connectivity index (χ4n) is 2.14. The molecule has 2 N–H and O–H groups in total. The number of fused-ring (bicyclic) bond motifs is 1. The van der Waals surface area contributed by atoms with E-state index >= 15 is 0 Å². The molecular formula is C16H16N2O2. The first-order valence-corrected chi connectivity index (χ1v) is 6.58. The number of rotatable bonds is 3. The second kappa shape index (κ2) is 4.89. The van der Waals surface area contributed by atoms with Crippen molar-refractivity contribution in [1.29, 1.82) is 0 Å². The molecule has 1 aromatic heterocycles. The first-order valence-electron chi connectivity index (χ1n) is 6.58. The van der Waals surface area contributed by atoms with E-state index in [1.807, 2.05) is 50.2 Å². The van der Waals surface area contributed by atoms with E-state index in [0.29, 0.717) is 17.1 Å². The summed E-state index contributed by atoms with van der Waals surface area (Å²) in [5.74, 6) is 1.46. The Hall–Kier alpha value is -2.49. The number of imidazole rings is 1.